The Morgan fingerprint density at radius 1 is 1.37 bits per heavy atom. The molecule has 2 aliphatic heterocycles. The van der Waals surface area contributed by atoms with Crippen molar-refractivity contribution in [3.05, 3.63) is 39.9 Å². The minimum Gasteiger partial charge on any atom is -0.445 e. The molecule has 3 atom stereocenters. The van der Waals surface area contributed by atoms with Gasteiger partial charge in [0.05, 0.1) is 17.0 Å². The van der Waals surface area contributed by atoms with Gasteiger partial charge in [0.15, 0.2) is 5.12 Å². The molecule has 0 spiro atoms. The van der Waals surface area contributed by atoms with E-state index in [0.717, 1.165) is 0 Å². The molecule has 2 fully saturated rings. The summed E-state index contributed by atoms with van der Waals surface area (Å²) in [5.41, 5.74) is 0.603. The number of hydrogen-bond acceptors (Lipinski definition) is 7. The smallest absolute Gasteiger partial charge is 0.410 e. The number of amides is 2. The highest BCUT2D eigenvalue weighted by atomic mass is 32.2. The standard InChI is InChI=1S/C17H19N3O6S/c1-10(21)27-13-6-15(14-7-16(22)18-14)19(8-13)17(23)26-9-11-2-4-12(5-3-11)20(24)25/h2-5,13-15H,6-9H2,1H3,(H,18,22)/t13-,14-,15-/m0/s1. The molecule has 27 heavy (non-hydrogen) atoms. The summed E-state index contributed by atoms with van der Waals surface area (Å²) in [5, 5.41) is 13.4. The summed E-state index contributed by atoms with van der Waals surface area (Å²) in [6, 6.07) is 5.45. The van der Waals surface area contributed by atoms with Gasteiger partial charge in [-0.1, -0.05) is 11.8 Å². The first-order valence-electron chi connectivity index (χ1n) is 8.47. The highest BCUT2D eigenvalue weighted by Crippen LogP contribution is 2.33. The fourth-order valence-electron chi connectivity index (χ4n) is 3.30. The van der Waals surface area contributed by atoms with Crippen molar-refractivity contribution in [1.82, 2.24) is 10.2 Å². The van der Waals surface area contributed by atoms with Gasteiger partial charge in [0, 0.05) is 37.3 Å². The first-order chi connectivity index (χ1) is 12.8. The van der Waals surface area contributed by atoms with E-state index < -0.39 is 11.0 Å². The Bertz CT molecular complexity index is 760. The van der Waals surface area contributed by atoms with Gasteiger partial charge in [0.1, 0.15) is 6.61 Å². The Morgan fingerprint density at radius 3 is 2.59 bits per heavy atom. The van der Waals surface area contributed by atoms with Crippen LogP contribution in [0.1, 0.15) is 25.3 Å². The number of benzene rings is 1. The normalized spacial score (nSPS) is 24.1. The number of nitro benzene ring substituents is 1. The number of β-lactam (4-membered cyclic amide) rings is 1. The van der Waals surface area contributed by atoms with Crippen molar-refractivity contribution in [3.63, 3.8) is 0 Å². The number of rotatable bonds is 5. The third kappa shape index (κ3) is 4.57. The van der Waals surface area contributed by atoms with Crippen LogP contribution in [-0.2, 0) is 20.9 Å². The van der Waals surface area contributed by atoms with Crippen molar-refractivity contribution in [2.45, 2.75) is 43.7 Å². The van der Waals surface area contributed by atoms with Crippen LogP contribution in [0.25, 0.3) is 0 Å². The molecular weight excluding hydrogens is 374 g/mol. The summed E-state index contributed by atoms with van der Waals surface area (Å²) in [7, 11) is 0. The molecule has 10 heteroatoms. The summed E-state index contributed by atoms with van der Waals surface area (Å²) >= 11 is 1.19. The van der Waals surface area contributed by atoms with Crippen molar-refractivity contribution in [2.24, 2.45) is 0 Å². The molecule has 0 saturated carbocycles. The minimum atomic E-state index is -0.522. The number of nitro groups is 1. The summed E-state index contributed by atoms with van der Waals surface area (Å²) < 4.78 is 5.35. The Kier molecular flexibility index (Phi) is 5.64. The number of thioether (sulfide) groups is 1. The second-order valence-electron chi connectivity index (χ2n) is 6.54. The lowest BCUT2D eigenvalue weighted by molar-refractivity contribution is -0.384. The summed E-state index contributed by atoms with van der Waals surface area (Å²) in [4.78, 5) is 46.9. The minimum absolute atomic E-state index is 0.0123. The van der Waals surface area contributed by atoms with Crippen molar-refractivity contribution in [3.8, 4) is 0 Å². The number of carbonyl (C=O) groups is 3. The van der Waals surface area contributed by atoms with Crippen LogP contribution in [0.15, 0.2) is 24.3 Å². The third-order valence-corrected chi connectivity index (χ3v) is 5.60. The predicted octanol–water partition coefficient (Wildman–Crippen LogP) is 1.84. The highest BCUT2D eigenvalue weighted by molar-refractivity contribution is 8.14. The van der Waals surface area contributed by atoms with E-state index in [1.165, 1.54) is 43.0 Å². The number of nitrogens with one attached hydrogen (secondary N) is 1. The van der Waals surface area contributed by atoms with E-state index in [-0.39, 0.29) is 40.7 Å². The largest absolute Gasteiger partial charge is 0.445 e. The molecule has 2 aliphatic rings. The zero-order valence-corrected chi connectivity index (χ0v) is 15.4. The molecule has 0 aromatic heterocycles. The lowest BCUT2D eigenvalue weighted by Gasteiger charge is -2.36. The van der Waals surface area contributed by atoms with Gasteiger partial charge in [-0.3, -0.25) is 19.7 Å². The van der Waals surface area contributed by atoms with Gasteiger partial charge in [-0.2, -0.15) is 0 Å². The van der Waals surface area contributed by atoms with E-state index in [1.54, 1.807) is 4.90 Å². The van der Waals surface area contributed by atoms with Gasteiger partial charge < -0.3 is 15.0 Å². The fraction of sp³-hybridized carbons (Fsp3) is 0.471. The van der Waals surface area contributed by atoms with Crippen molar-refractivity contribution in [2.75, 3.05) is 6.54 Å². The Hall–Kier alpha value is -2.62. The van der Waals surface area contributed by atoms with Crippen LogP contribution in [0.3, 0.4) is 0 Å². The Balaban J connectivity index is 1.61. The molecular formula is C17H19N3O6S. The van der Waals surface area contributed by atoms with Crippen LogP contribution < -0.4 is 5.32 Å². The van der Waals surface area contributed by atoms with Gasteiger partial charge in [-0.25, -0.2) is 4.79 Å². The first kappa shape index (κ1) is 19.2. The maximum Gasteiger partial charge on any atom is 0.410 e. The second kappa shape index (κ2) is 7.95. The molecule has 144 valence electrons. The number of likely N-dealkylation sites (tertiary alicyclic amines) is 1. The first-order valence-corrected chi connectivity index (χ1v) is 9.34. The van der Waals surface area contributed by atoms with Crippen molar-refractivity contribution >= 4 is 34.6 Å². The van der Waals surface area contributed by atoms with E-state index in [4.69, 9.17) is 4.74 Å². The third-order valence-electron chi connectivity index (χ3n) is 4.60. The maximum absolute atomic E-state index is 12.6. The molecule has 0 unspecified atom stereocenters. The zero-order chi connectivity index (χ0) is 19.6. The SMILES string of the molecule is CC(=O)S[C@H]1C[C@@H]([C@@H]2CC(=O)N2)N(C(=O)OCc2ccc([N+](=O)[O-])cc2)C1. The van der Waals surface area contributed by atoms with Gasteiger partial charge in [-0.05, 0) is 24.1 Å². The van der Waals surface area contributed by atoms with Crippen LogP contribution in [0, 0.1) is 10.1 Å². The number of non-ortho nitro benzene ring substituents is 1. The van der Waals surface area contributed by atoms with E-state index in [0.29, 0.717) is 24.9 Å². The Morgan fingerprint density at radius 2 is 2.04 bits per heavy atom. The van der Waals surface area contributed by atoms with E-state index in [9.17, 15) is 24.5 Å². The van der Waals surface area contributed by atoms with Crippen LogP contribution in [0.2, 0.25) is 0 Å². The van der Waals surface area contributed by atoms with Crippen molar-refractivity contribution in [1.29, 1.82) is 0 Å². The van der Waals surface area contributed by atoms with Crippen LogP contribution >= 0.6 is 11.8 Å². The molecule has 2 heterocycles. The number of nitrogens with zero attached hydrogens (tertiary/aromatic N) is 2. The highest BCUT2D eigenvalue weighted by Gasteiger charge is 2.45. The molecule has 0 radical (unpaired) electrons. The molecule has 0 aliphatic carbocycles. The lowest BCUT2D eigenvalue weighted by Crippen LogP contribution is -2.59. The van der Waals surface area contributed by atoms with E-state index >= 15 is 0 Å². The molecule has 3 rings (SSSR count). The van der Waals surface area contributed by atoms with Gasteiger partial charge >= 0.3 is 6.09 Å². The molecule has 2 amide bonds. The fourth-order valence-corrected chi connectivity index (χ4v) is 4.29. The topological polar surface area (TPSA) is 119 Å². The van der Waals surface area contributed by atoms with Crippen LogP contribution in [0.4, 0.5) is 10.5 Å². The number of ether oxygens (including phenoxy) is 1. The monoisotopic (exact) mass is 393 g/mol. The van der Waals surface area contributed by atoms with Crippen LogP contribution in [-0.4, -0.2) is 50.8 Å². The summed E-state index contributed by atoms with van der Waals surface area (Å²) in [6.07, 6.45) is 0.446. The Labute approximate surface area is 159 Å². The van der Waals surface area contributed by atoms with E-state index in [2.05, 4.69) is 5.32 Å². The summed E-state index contributed by atoms with van der Waals surface area (Å²) in [5.74, 6) is -0.0538. The molecule has 9 nitrogen and oxygen atoms in total. The molecule has 1 aromatic rings. The average Bonchev–Trinajstić information content (AvgIpc) is 2.99. The lowest BCUT2D eigenvalue weighted by atomic mass is 9.96. The molecule has 1 N–H and O–H groups in total. The van der Waals surface area contributed by atoms with Gasteiger partial charge in [0.2, 0.25) is 5.91 Å². The van der Waals surface area contributed by atoms with Crippen molar-refractivity contribution < 1.29 is 24.0 Å². The van der Waals surface area contributed by atoms with E-state index in [1.807, 2.05) is 0 Å². The second-order valence-corrected chi connectivity index (χ2v) is 8.02. The molecule has 2 saturated heterocycles. The van der Waals surface area contributed by atoms with Gasteiger partial charge in [0.25, 0.3) is 5.69 Å². The zero-order valence-electron chi connectivity index (χ0n) is 14.6. The predicted molar refractivity (Wildman–Crippen MR) is 97.0 cm³/mol. The van der Waals surface area contributed by atoms with Crippen LogP contribution in [0.5, 0.6) is 0 Å². The molecule has 0 bridgehead atoms. The molecule has 1 aromatic carbocycles. The average molecular weight is 393 g/mol. The quantitative estimate of drug-likeness (QED) is 0.460. The number of hydrogen-bond donors (Lipinski definition) is 1. The summed E-state index contributed by atoms with van der Waals surface area (Å²) in [6.45, 7) is 1.85. The van der Waals surface area contributed by atoms with Gasteiger partial charge in [-0.15, -0.1) is 0 Å². The maximum atomic E-state index is 12.6. The number of carbonyl (C=O) groups excluding carboxylic acids is 3.